The van der Waals surface area contributed by atoms with Crippen molar-refractivity contribution < 1.29 is 19.0 Å². The van der Waals surface area contributed by atoms with Gasteiger partial charge in [-0.05, 0) is 20.8 Å². The van der Waals surface area contributed by atoms with Gasteiger partial charge in [0.1, 0.15) is 17.7 Å². The van der Waals surface area contributed by atoms with Crippen molar-refractivity contribution >= 4 is 11.9 Å². The van der Waals surface area contributed by atoms with Gasteiger partial charge in [-0.25, -0.2) is 14.8 Å². The molecule has 25 heavy (non-hydrogen) atoms. The molecule has 0 saturated heterocycles. The molecule has 0 radical (unpaired) electrons. The third-order valence-corrected chi connectivity index (χ3v) is 3.23. The summed E-state index contributed by atoms with van der Waals surface area (Å²) in [5.41, 5.74) is 1.42. The zero-order valence-corrected chi connectivity index (χ0v) is 15.0. The Kier molecular flexibility index (Phi) is 6.05. The Bertz CT molecular complexity index is 693. The fourth-order valence-electron chi connectivity index (χ4n) is 2.17. The molecule has 0 atom stereocenters. The predicted octanol–water partition coefficient (Wildman–Crippen LogP) is 2.38. The first-order chi connectivity index (χ1) is 11.8. The molecular weight excluding hydrogens is 326 g/mol. The lowest BCUT2D eigenvalue weighted by molar-refractivity contribution is -0.100. The maximum Gasteiger partial charge on any atom is 0.413 e. The van der Waals surface area contributed by atoms with Gasteiger partial charge in [0, 0.05) is 38.0 Å². The number of anilines is 1. The Morgan fingerprint density at radius 2 is 2.00 bits per heavy atom. The number of ether oxygens (including phenoxy) is 3. The molecule has 9 nitrogen and oxygen atoms in total. The van der Waals surface area contributed by atoms with E-state index in [1.54, 1.807) is 33.2 Å². The average molecular weight is 349 g/mol. The summed E-state index contributed by atoms with van der Waals surface area (Å²) in [6, 6.07) is 0. The van der Waals surface area contributed by atoms with Crippen LogP contribution < -0.4 is 5.32 Å². The van der Waals surface area contributed by atoms with Crippen molar-refractivity contribution in [2.75, 3.05) is 19.5 Å². The van der Waals surface area contributed by atoms with E-state index in [-0.39, 0.29) is 0 Å². The minimum Gasteiger partial charge on any atom is -0.444 e. The van der Waals surface area contributed by atoms with Gasteiger partial charge < -0.3 is 14.2 Å². The van der Waals surface area contributed by atoms with Crippen LogP contribution >= 0.6 is 0 Å². The van der Waals surface area contributed by atoms with Crippen LogP contribution in [0.5, 0.6) is 0 Å². The molecule has 2 heterocycles. The third kappa shape index (κ3) is 5.23. The maximum atomic E-state index is 12.1. The van der Waals surface area contributed by atoms with E-state index >= 15 is 0 Å². The van der Waals surface area contributed by atoms with Gasteiger partial charge in [0.2, 0.25) is 0 Å². The number of aromatic amines is 1. The summed E-state index contributed by atoms with van der Waals surface area (Å²) in [6.07, 6.45) is 3.93. The molecule has 0 aliphatic rings. The van der Waals surface area contributed by atoms with Crippen molar-refractivity contribution in [3.63, 3.8) is 0 Å². The number of hydrogen-bond donors (Lipinski definition) is 2. The summed E-state index contributed by atoms with van der Waals surface area (Å²) in [4.78, 5) is 20.6. The minimum absolute atomic E-state index is 0.333. The molecule has 0 unspecified atom stereocenters. The molecule has 136 valence electrons. The van der Waals surface area contributed by atoms with Crippen molar-refractivity contribution in [1.82, 2.24) is 20.2 Å². The highest BCUT2D eigenvalue weighted by Gasteiger charge is 2.22. The highest BCUT2D eigenvalue weighted by Crippen LogP contribution is 2.27. The Morgan fingerprint density at radius 3 is 2.56 bits per heavy atom. The van der Waals surface area contributed by atoms with Gasteiger partial charge in [0.25, 0.3) is 0 Å². The monoisotopic (exact) mass is 349 g/mol. The summed E-state index contributed by atoms with van der Waals surface area (Å²) in [5, 5.41) is 9.35. The highest BCUT2D eigenvalue weighted by atomic mass is 16.7. The first-order valence-corrected chi connectivity index (χ1v) is 7.72. The molecule has 0 fully saturated rings. The van der Waals surface area contributed by atoms with Gasteiger partial charge in [0.15, 0.2) is 6.29 Å². The SMILES string of the molecule is COC(Cc1c(NC(=O)OC(C)(C)C)ncnc1-c1cn[nH]c1)OC. The van der Waals surface area contributed by atoms with Gasteiger partial charge in [-0.3, -0.25) is 10.4 Å². The van der Waals surface area contributed by atoms with E-state index < -0.39 is 18.0 Å². The number of nitrogens with one attached hydrogen (secondary N) is 2. The zero-order valence-electron chi connectivity index (χ0n) is 15.0. The number of carbonyl (C=O) groups is 1. The van der Waals surface area contributed by atoms with Crippen LogP contribution in [0.1, 0.15) is 26.3 Å². The Morgan fingerprint density at radius 1 is 1.28 bits per heavy atom. The van der Waals surface area contributed by atoms with E-state index in [0.29, 0.717) is 23.5 Å². The molecule has 0 aliphatic carbocycles. The fourth-order valence-corrected chi connectivity index (χ4v) is 2.17. The van der Waals surface area contributed by atoms with Crippen LogP contribution in [0.25, 0.3) is 11.3 Å². The normalized spacial score (nSPS) is 11.6. The first kappa shape index (κ1) is 18.8. The number of nitrogens with zero attached hydrogens (tertiary/aromatic N) is 3. The van der Waals surface area contributed by atoms with E-state index in [0.717, 1.165) is 5.56 Å². The quantitative estimate of drug-likeness (QED) is 0.770. The van der Waals surface area contributed by atoms with E-state index in [9.17, 15) is 4.79 Å². The lowest BCUT2D eigenvalue weighted by Crippen LogP contribution is -2.28. The van der Waals surface area contributed by atoms with Crippen LogP contribution in [0.4, 0.5) is 10.6 Å². The Hall–Kier alpha value is -2.52. The van der Waals surface area contributed by atoms with Gasteiger partial charge >= 0.3 is 6.09 Å². The molecule has 2 rings (SSSR count). The van der Waals surface area contributed by atoms with Crippen LogP contribution in [0, 0.1) is 0 Å². The van der Waals surface area contributed by atoms with Crippen LogP contribution in [-0.2, 0) is 20.6 Å². The maximum absolute atomic E-state index is 12.1. The van der Waals surface area contributed by atoms with Gasteiger partial charge in [-0.2, -0.15) is 5.10 Å². The number of carbonyl (C=O) groups excluding carboxylic acids is 1. The molecule has 0 bridgehead atoms. The summed E-state index contributed by atoms with van der Waals surface area (Å²) >= 11 is 0. The summed E-state index contributed by atoms with van der Waals surface area (Å²) in [5.74, 6) is 0.333. The van der Waals surface area contributed by atoms with Crippen LogP contribution in [-0.4, -0.2) is 52.4 Å². The molecule has 2 aromatic heterocycles. The lowest BCUT2D eigenvalue weighted by Gasteiger charge is -2.21. The molecule has 9 heteroatoms. The number of hydrogen-bond acceptors (Lipinski definition) is 7. The summed E-state index contributed by atoms with van der Waals surface area (Å²) < 4.78 is 15.8. The van der Waals surface area contributed by atoms with Crippen molar-refractivity contribution in [3.05, 3.63) is 24.3 Å². The fraction of sp³-hybridized carbons (Fsp3) is 0.500. The van der Waals surface area contributed by atoms with E-state index in [1.165, 1.54) is 20.5 Å². The second-order valence-electron chi connectivity index (χ2n) is 6.27. The van der Waals surface area contributed by atoms with Crippen molar-refractivity contribution in [3.8, 4) is 11.3 Å². The molecule has 2 N–H and O–H groups in total. The van der Waals surface area contributed by atoms with Crippen LogP contribution in [0.2, 0.25) is 0 Å². The molecule has 0 aliphatic heterocycles. The van der Waals surface area contributed by atoms with Gasteiger partial charge in [0.05, 0.1) is 11.9 Å². The van der Waals surface area contributed by atoms with E-state index in [4.69, 9.17) is 14.2 Å². The van der Waals surface area contributed by atoms with Crippen molar-refractivity contribution in [2.24, 2.45) is 0 Å². The van der Waals surface area contributed by atoms with Gasteiger partial charge in [-0.1, -0.05) is 0 Å². The van der Waals surface area contributed by atoms with E-state index in [1.807, 2.05) is 0 Å². The Balaban J connectivity index is 2.37. The van der Waals surface area contributed by atoms with E-state index in [2.05, 4.69) is 25.5 Å². The largest absolute Gasteiger partial charge is 0.444 e. The second kappa shape index (κ2) is 8.04. The minimum atomic E-state index is -0.619. The summed E-state index contributed by atoms with van der Waals surface area (Å²) in [7, 11) is 3.08. The molecule has 0 aromatic carbocycles. The zero-order chi connectivity index (χ0) is 18.4. The standard InChI is InChI=1S/C16H23N5O4/c1-16(2,3)25-15(22)21-14-11(6-12(23-4)24-5)13(17-9-18-14)10-7-19-20-8-10/h7-9,12H,6H2,1-5H3,(H,19,20)(H,17,18,21,22). The topological polar surface area (TPSA) is 111 Å². The number of methoxy groups -OCH3 is 2. The smallest absolute Gasteiger partial charge is 0.413 e. The van der Waals surface area contributed by atoms with Crippen molar-refractivity contribution in [1.29, 1.82) is 0 Å². The number of amides is 1. The molecular formula is C16H23N5O4. The molecule has 2 aromatic rings. The lowest BCUT2D eigenvalue weighted by atomic mass is 10.1. The highest BCUT2D eigenvalue weighted by molar-refractivity contribution is 5.86. The Labute approximate surface area is 146 Å². The predicted molar refractivity (Wildman–Crippen MR) is 91.0 cm³/mol. The molecule has 1 amide bonds. The first-order valence-electron chi connectivity index (χ1n) is 7.72. The third-order valence-electron chi connectivity index (χ3n) is 3.23. The number of aromatic nitrogens is 4. The van der Waals surface area contributed by atoms with Gasteiger partial charge in [-0.15, -0.1) is 0 Å². The van der Waals surface area contributed by atoms with Crippen LogP contribution in [0.15, 0.2) is 18.7 Å². The second-order valence-corrected chi connectivity index (χ2v) is 6.27. The number of H-pyrrole nitrogens is 1. The number of rotatable bonds is 6. The van der Waals surface area contributed by atoms with Crippen molar-refractivity contribution in [2.45, 2.75) is 39.1 Å². The summed E-state index contributed by atoms with van der Waals surface area (Å²) in [6.45, 7) is 5.36. The van der Waals surface area contributed by atoms with Crippen LogP contribution in [0.3, 0.4) is 0 Å². The molecule has 0 spiro atoms. The average Bonchev–Trinajstić information content (AvgIpc) is 3.05. The molecule has 0 saturated carbocycles.